The van der Waals surface area contributed by atoms with Gasteiger partial charge >= 0.3 is 5.97 Å². The molecule has 0 bridgehead atoms. The largest absolute Gasteiger partial charge is 0.468 e. The van der Waals surface area contributed by atoms with E-state index in [2.05, 4.69) is 10.6 Å². The number of carbonyl (C=O) groups is 2. The van der Waals surface area contributed by atoms with Gasteiger partial charge in [0.25, 0.3) is 0 Å². The number of nitrogens with two attached hydrogens (primary N) is 1. The van der Waals surface area contributed by atoms with E-state index in [0.717, 1.165) is 0 Å². The molecule has 0 fully saturated rings. The van der Waals surface area contributed by atoms with Crippen LogP contribution < -0.4 is 16.4 Å². The molecule has 0 spiro atoms. The number of rotatable bonds is 7. The van der Waals surface area contributed by atoms with Gasteiger partial charge in [-0.15, -0.1) is 0 Å². The quantitative estimate of drug-likeness (QED) is 0.488. The van der Waals surface area contributed by atoms with Gasteiger partial charge in [-0.05, 0) is 33.9 Å². The minimum absolute atomic E-state index is 0.352. The predicted molar refractivity (Wildman–Crippen MR) is 60.8 cm³/mol. The molecule has 0 aromatic heterocycles. The zero-order chi connectivity index (χ0) is 12.8. The number of ether oxygens (including phenoxy) is 1. The topological polar surface area (TPSA) is 93.4 Å². The van der Waals surface area contributed by atoms with Gasteiger partial charge in [0.2, 0.25) is 5.91 Å². The highest BCUT2D eigenvalue weighted by atomic mass is 16.5. The van der Waals surface area contributed by atoms with E-state index in [0.29, 0.717) is 12.8 Å². The molecule has 2 unspecified atom stereocenters. The molecule has 4 N–H and O–H groups in total. The Morgan fingerprint density at radius 2 is 2.00 bits per heavy atom. The van der Waals surface area contributed by atoms with E-state index in [-0.39, 0.29) is 5.97 Å². The molecule has 16 heavy (non-hydrogen) atoms. The first kappa shape index (κ1) is 14.9. The summed E-state index contributed by atoms with van der Waals surface area (Å²) in [5.74, 6) is -0.778. The van der Waals surface area contributed by atoms with Crippen molar-refractivity contribution in [3.63, 3.8) is 0 Å². The smallest absolute Gasteiger partial charge is 0.325 e. The molecule has 0 aliphatic heterocycles. The van der Waals surface area contributed by atoms with Crippen LogP contribution in [-0.4, -0.2) is 44.7 Å². The van der Waals surface area contributed by atoms with Gasteiger partial charge in [0.1, 0.15) is 5.54 Å². The number of likely N-dealkylation sites (N-methyl/N-ethyl adjacent to an activating group) is 2. The lowest BCUT2D eigenvalue weighted by molar-refractivity contribution is -0.148. The molecule has 0 radical (unpaired) electrons. The van der Waals surface area contributed by atoms with Crippen molar-refractivity contribution in [2.75, 3.05) is 21.2 Å². The van der Waals surface area contributed by atoms with Crippen LogP contribution in [0.5, 0.6) is 0 Å². The maximum absolute atomic E-state index is 11.5. The Kier molecular flexibility index (Phi) is 5.98. The van der Waals surface area contributed by atoms with E-state index in [1.807, 2.05) is 0 Å². The summed E-state index contributed by atoms with van der Waals surface area (Å²) in [6, 6.07) is -0.433. The minimum atomic E-state index is -0.792. The van der Waals surface area contributed by atoms with Crippen LogP contribution in [0.2, 0.25) is 0 Å². The molecular formula is C10H21N3O3. The number of nitrogens with one attached hydrogen (secondary N) is 2. The average molecular weight is 231 g/mol. The van der Waals surface area contributed by atoms with Crippen LogP contribution in [0, 0.1) is 0 Å². The van der Waals surface area contributed by atoms with Crippen molar-refractivity contribution < 1.29 is 14.3 Å². The Hall–Kier alpha value is -1.14. The second-order valence-electron chi connectivity index (χ2n) is 3.86. The van der Waals surface area contributed by atoms with Gasteiger partial charge in [-0.3, -0.25) is 9.59 Å². The molecule has 1 amide bonds. The van der Waals surface area contributed by atoms with E-state index in [9.17, 15) is 9.59 Å². The Labute approximate surface area is 95.9 Å². The Morgan fingerprint density at radius 1 is 1.44 bits per heavy atom. The fourth-order valence-electron chi connectivity index (χ4n) is 1.42. The maximum Gasteiger partial charge on any atom is 0.325 e. The van der Waals surface area contributed by atoms with E-state index >= 15 is 0 Å². The summed E-state index contributed by atoms with van der Waals surface area (Å²) in [5.41, 5.74) is 4.40. The number of carbonyl (C=O) groups excluding carboxylic acids is 2. The summed E-state index contributed by atoms with van der Waals surface area (Å²) in [7, 11) is 4.67. The van der Waals surface area contributed by atoms with Crippen LogP contribution in [0.25, 0.3) is 0 Å². The first-order valence-electron chi connectivity index (χ1n) is 5.15. The van der Waals surface area contributed by atoms with Gasteiger partial charge in [0, 0.05) is 0 Å². The molecular weight excluding hydrogens is 210 g/mol. The van der Waals surface area contributed by atoms with Crippen molar-refractivity contribution in [1.82, 2.24) is 10.6 Å². The molecule has 2 atom stereocenters. The number of esters is 1. The van der Waals surface area contributed by atoms with E-state index in [4.69, 9.17) is 10.5 Å². The number of hydrogen-bond acceptors (Lipinski definition) is 5. The maximum atomic E-state index is 11.5. The van der Waals surface area contributed by atoms with E-state index < -0.39 is 17.5 Å². The van der Waals surface area contributed by atoms with E-state index in [1.54, 1.807) is 21.0 Å². The van der Waals surface area contributed by atoms with Crippen LogP contribution >= 0.6 is 0 Å². The van der Waals surface area contributed by atoms with Gasteiger partial charge in [-0.2, -0.15) is 0 Å². The monoisotopic (exact) mass is 231 g/mol. The van der Waals surface area contributed by atoms with Gasteiger partial charge in [-0.25, -0.2) is 0 Å². The number of hydrogen-bond donors (Lipinski definition) is 3. The third-order valence-electron chi connectivity index (χ3n) is 2.81. The highest BCUT2D eigenvalue weighted by Crippen LogP contribution is 2.15. The van der Waals surface area contributed by atoms with E-state index in [1.165, 1.54) is 7.11 Å². The molecule has 0 saturated carbocycles. The second-order valence-corrected chi connectivity index (χ2v) is 3.86. The highest BCUT2D eigenvalue weighted by Gasteiger charge is 2.33. The molecule has 0 rings (SSSR count). The zero-order valence-corrected chi connectivity index (χ0v) is 10.3. The third kappa shape index (κ3) is 3.79. The van der Waals surface area contributed by atoms with Crippen molar-refractivity contribution in [3.8, 4) is 0 Å². The Morgan fingerprint density at radius 3 is 2.31 bits per heavy atom. The van der Waals surface area contributed by atoms with Crippen molar-refractivity contribution in [2.24, 2.45) is 5.73 Å². The number of methoxy groups -OCH3 is 1. The molecule has 0 aromatic rings. The average Bonchev–Trinajstić information content (AvgIpc) is 2.27. The number of primary amides is 1. The third-order valence-corrected chi connectivity index (χ3v) is 2.81. The molecule has 0 aliphatic carbocycles. The van der Waals surface area contributed by atoms with Gasteiger partial charge in [-0.1, -0.05) is 0 Å². The Balaban J connectivity index is 4.44. The fourth-order valence-corrected chi connectivity index (χ4v) is 1.42. The molecule has 94 valence electrons. The first-order valence-corrected chi connectivity index (χ1v) is 5.15. The van der Waals surface area contributed by atoms with Crippen LogP contribution in [0.1, 0.15) is 19.8 Å². The summed E-state index contributed by atoms with van der Waals surface area (Å²) in [6.45, 7) is 1.73. The van der Waals surface area contributed by atoms with Crippen molar-refractivity contribution in [2.45, 2.75) is 31.3 Å². The molecule has 0 aliphatic rings. The summed E-state index contributed by atoms with van der Waals surface area (Å²) in [5, 5.41) is 5.69. The Bertz CT molecular complexity index is 258. The normalized spacial score (nSPS) is 16.2. The fraction of sp³-hybridized carbons (Fsp3) is 0.800. The first-order chi connectivity index (χ1) is 7.41. The van der Waals surface area contributed by atoms with Crippen LogP contribution in [-0.2, 0) is 14.3 Å². The lowest BCUT2D eigenvalue weighted by atomic mass is 9.93. The predicted octanol–water partition coefficient (Wildman–Crippen LogP) is -1.01. The highest BCUT2D eigenvalue weighted by molar-refractivity contribution is 5.81. The molecule has 0 heterocycles. The summed E-state index contributed by atoms with van der Waals surface area (Å²) in [6.07, 6.45) is 0.933. The standard InChI is InChI=1S/C10H21N3O3/c1-10(13-3,9(15)16-4)6-5-7(12-2)8(11)14/h7,12-13H,5-6H2,1-4H3,(H2,11,14). The lowest BCUT2D eigenvalue weighted by Gasteiger charge is -2.27. The molecule has 0 saturated heterocycles. The summed E-state index contributed by atoms with van der Waals surface area (Å²) in [4.78, 5) is 22.5. The van der Waals surface area contributed by atoms with Gasteiger partial charge in [0.05, 0.1) is 13.2 Å². The summed E-state index contributed by atoms with van der Waals surface area (Å²) < 4.78 is 4.69. The van der Waals surface area contributed by atoms with Crippen molar-refractivity contribution in [3.05, 3.63) is 0 Å². The van der Waals surface area contributed by atoms with Crippen LogP contribution in [0.15, 0.2) is 0 Å². The molecule has 0 aromatic carbocycles. The zero-order valence-electron chi connectivity index (χ0n) is 10.3. The minimum Gasteiger partial charge on any atom is -0.468 e. The van der Waals surface area contributed by atoms with Crippen LogP contribution in [0.4, 0.5) is 0 Å². The lowest BCUT2D eigenvalue weighted by Crippen LogP contribution is -2.50. The van der Waals surface area contributed by atoms with Crippen molar-refractivity contribution >= 4 is 11.9 Å². The van der Waals surface area contributed by atoms with Gasteiger partial charge < -0.3 is 21.1 Å². The number of amides is 1. The van der Waals surface area contributed by atoms with Crippen molar-refractivity contribution in [1.29, 1.82) is 0 Å². The molecule has 6 heteroatoms. The summed E-state index contributed by atoms with van der Waals surface area (Å²) >= 11 is 0. The molecule has 6 nitrogen and oxygen atoms in total. The second kappa shape index (κ2) is 6.44. The van der Waals surface area contributed by atoms with Gasteiger partial charge in [0.15, 0.2) is 0 Å². The van der Waals surface area contributed by atoms with Crippen LogP contribution in [0.3, 0.4) is 0 Å². The SMILES string of the molecule is CNC(CCC(C)(NC)C(=O)OC)C(N)=O.